The summed E-state index contributed by atoms with van der Waals surface area (Å²) >= 11 is 0. The van der Waals surface area contributed by atoms with E-state index in [0.717, 1.165) is 35.7 Å². The van der Waals surface area contributed by atoms with Gasteiger partial charge in [0.05, 0.1) is 12.2 Å². The highest BCUT2D eigenvalue weighted by Gasteiger charge is 2.36. The lowest BCUT2D eigenvalue weighted by molar-refractivity contribution is -0.131. The van der Waals surface area contributed by atoms with Gasteiger partial charge in [0.2, 0.25) is 5.91 Å². The molecule has 6 rings (SSSR count). The minimum Gasteiger partial charge on any atom is -0.491 e. The molecule has 244 valence electrons. The molecular formula is C39H43N3O5. The van der Waals surface area contributed by atoms with Crippen molar-refractivity contribution in [1.29, 1.82) is 0 Å². The smallest absolute Gasteiger partial charge is 0.328 e. The molecular weight excluding hydrogens is 590 g/mol. The van der Waals surface area contributed by atoms with E-state index >= 15 is 0 Å². The Balaban J connectivity index is 1.32. The molecule has 1 fully saturated rings. The molecule has 3 aromatic carbocycles. The Bertz CT molecular complexity index is 1830. The van der Waals surface area contributed by atoms with Crippen molar-refractivity contribution in [2.75, 3.05) is 11.9 Å². The average Bonchev–Trinajstić information content (AvgIpc) is 3.25. The number of aromatic nitrogens is 1. The molecule has 4 aromatic rings. The van der Waals surface area contributed by atoms with Crippen molar-refractivity contribution in [3.8, 4) is 17.0 Å². The second-order valence-electron chi connectivity index (χ2n) is 13.5. The van der Waals surface area contributed by atoms with E-state index in [4.69, 9.17) is 9.84 Å². The van der Waals surface area contributed by atoms with E-state index in [-0.39, 0.29) is 17.7 Å². The SMILES string of the molecule is CC(C)CC(C)(NC(=O)c1ccc2c(C3CCCCC3)c3n(c2c1)CCOc1ccccc1-3)C(=O)Nc1ccc(C=CC(=O)O)cc1. The van der Waals surface area contributed by atoms with E-state index in [1.54, 1.807) is 31.2 Å². The first-order valence-corrected chi connectivity index (χ1v) is 16.7. The van der Waals surface area contributed by atoms with Crippen molar-refractivity contribution < 1.29 is 24.2 Å². The number of carbonyl (C=O) groups is 3. The van der Waals surface area contributed by atoms with Crippen LogP contribution in [0.4, 0.5) is 5.69 Å². The molecule has 3 N–H and O–H groups in total. The van der Waals surface area contributed by atoms with Crippen molar-refractivity contribution in [2.24, 2.45) is 5.92 Å². The summed E-state index contributed by atoms with van der Waals surface area (Å²) in [7, 11) is 0. The molecule has 1 aliphatic heterocycles. The number of carboxylic acid groups (broad SMARTS) is 1. The Labute approximate surface area is 275 Å². The molecule has 0 bridgehead atoms. The van der Waals surface area contributed by atoms with Crippen LogP contribution in [0.3, 0.4) is 0 Å². The quantitative estimate of drug-likeness (QED) is 0.162. The minimum atomic E-state index is -1.18. The number of carbonyl (C=O) groups excluding carboxylic acids is 2. The van der Waals surface area contributed by atoms with Crippen LogP contribution in [0, 0.1) is 5.92 Å². The molecule has 1 aromatic heterocycles. The molecule has 8 heteroatoms. The maximum atomic E-state index is 14.0. The number of hydrogen-bond donors (Lipinski definition) is 3. The second kappa shape index (κ2) is 13.5. The topological polar surface area (TPSA) is 110 Å². The number of nitrogens with zero attached hydrogens (tertiary/aromatic N) is 1. The zero-order valence-corrected chi connectivity index (χ0v) is 27.3. The van der Waals surface area contributed by atoms with Crippen LogP contribution >= 0.6 is 0 Å². The standard InChI is InChI=1S/C39H43N3O5/c1-25(2)24-39(3,38(46)40-29-17-13-26(14-18-29)15-20-34(43)44)41-37(45)28-16-19-30-32(23-28)42-21-22-47-33-12-8-7-11-31(33)36(42)35(30)27-9-5-4-6-10-27/h7-8,11-20,23,25,27H,4-6,9-10,21-22,24H2,1-3H3,(H,40,46)(H,41,45)(H,43,44). The fraction of sp³-hybridized carbons (Fsp3) is 0.359. The molecule has 0 radical (unpaired) electrons. The van der Waals surface area contributed by atoms with E-state index < -0.39 is 11.5 Å². The summed E-state index contributed by atoms with van der Waals surface area (Å²) in [6.07, 6.45) is 9.01. The normalized spacial score (nSPS) is 16.2. The summed E-state index contributed by atoms with van der Waals surface area (Å²) in [5, 5.41) is 16.1. The number of fused-ring (bicyclic) bond motifs is 5. The fourth-order valence-electron chi connectivity index (χ4n) is 7.33. The van der Waals surface area contributed by atoms with Crippen molar-refractivity contribution in [3.05, 3.63) is 89.5 Å². The number of para-hydroxylation sites is 1. The van der Waals surface area contributed by atoms with Gasteiger partial charge in [-0.2, -0.15) is 0 Å². The van der Waals surface area contributed by atoms with Gasteiger partial charge in [0.15, 0.2) is 0 Å². The summed E-state index contributed by atoms with van der Waals surface area (Å²) in [4.78, 5) is 38.6. The van der Waals surface area contributed by atoms with Crippen LogP contribution in [0.5, 0.6) is 5.75 Å². The molecule has 47 heavy (non-hydrogen) atoms. The third-order valence-electron chi connectivity index (χ3n) is 9.39. The summed E-state index contributed by atoms with van der Waals surface area (Å²) in [5.41, 5.74) is 5.25. The maximum absolute atomic E-state index is 14.0. The largest absolute Gasteiger partial charge is 0.491 e. The zero-order valence-electron chi connectivity index (χ0n) is 27.3. The van der Waals surface area contributed by atoms with Gasteiger partial charge in [-0.05, 0) is 91.6 Å². The first-order valence-electron chi connectivity index (χ1n) is 16.7. The third-order valence-corrected chi connectivity index (χ3v) is 9.39. The molecule has 2 amide bonds. The van der Waals surface area contributed by atoms with Gasteiger partial charge in [-0.1, -0.05) is 63.4 Å². The number of carboxylic acids is 1. The van der Waals surface area contributed by atoms with Crippen LogP contribution in [-0.4, -0.2) is 39.6 Å². The van der Waals surface area contributed by atoms with Crippen LogP contribution in [0.1, 0.15) is 86.7 Å². The number of anilines is 1. The molecule has 1 atom stereocenters. The average molecular weight is 634 g/mol. The molecule has 0 spiro atoms. The monoisotopic (exact) mass is 633 g/mol. The second-order valence-corrected chi connectivity index (χ2v) is 13.5. The van der Waals surface area contributed by atoms with Gasteiger partial charge in [0.1, 0.15) is 17.9 Å². The van der Waals surface area contributed by atoms with Crippen molar-refractivity contribution in [3.63, 3.8) is 0 Å². The van der Waals surface area contributed by atoms with Gasteiger partial charge in [-0.3, -0.25) is 9.59 Å². The third kappa shape index (κ3) is 6.82. The number of nitrogens with one attached hydrogen (secondary N) is 2. The van der Waals surface area contributed by atoms with Gasteiger partial charge >= 0.3 is 5.97 Å². The van der Waals surface area contributed by atoms with Crippen LogP contribution in [-0.2, 0) is 16.1 Å². The summed E-state index contributed by atoms with van der Waals surface area (Å²) in [6.45, 7) is 7.03. The van der Waals surface area contributed by atoms with Crippen LogP contribution < -0.4 is 15.4 Å². The van der Waals surface area contributed by atoms with Crippen LogP contribution in [0.2, 0.25) is 0 Å². The number of hydrogen-bond acceptors (Lipinski definition) is 4. The number of amides is 2. The van der Waals surface area contributed by atoms with Crippen molar-refractivity contribution in [2.45, 2.75) is 77.3 Å². The lowest BCUT2D eigenvalue weighted by atomic mass is 9.81. The van der Waals surface area contributed by atoms with Crippen molar-refractivity contribution >= 4 is 40.4 Å². The highest BCUT2D eigenvalue weighted by molar-refractivity contribution is 6.05. The summed E-state index contributed by atoms with van der Waals surface area (Å²) in [6, 6.07) is 21.1. The summed E-state index contributed by atoms with van der Waals surface area (Å²) in [5.74, 6) is -0.173. The highest BCUT2D eigenvalue weighted by atomic mass is 16.5. The highest BCUT2D eigenvalue weighted by Crippen LogP contribution is 2.47. The van der Waals surface area contributed by atoms with Gasteiger partial charge in [-0.25, -0.2) is 4.79 Å². The fourth-order valence-corrected chi connectivity index (χ4v) is 7.33. The Morgan fingerprint density at radius 1 is 1.02 bits per heavy atom. The van der Waals surface area contributed by atoms with Gasteiger partial charge in [-0.15, -0.1) is 0 Å². The maximum Gasteiger partial charge on any atom is 0.328 e. The molecule has 2 heterocycles. The number of rotatable bonds is 9. The minimum absolute atomic E-state index is 0.136. The number of aliphatic carboxylic acids is 1. The van der Waals surface area contributed by atoms with Gasteiger partial charge < -0.3 is 25.0 Å². The predicted octanol–water partition coefficient (Wildman–Crippen LogP) is 8.02. The Hall–Kier alpha value is -4.85. The Kier molecular flexibility index (Phi) is 9.21. The van der Waals surface area contributed by atoms with Gasteiger partial charge in [0, 0.05) is 33.8 Å². The van der Waals surface area contributed by atoms with E-state index in [9.17, 15) is 14.4 Å². The van der Waals surface area contributed by atoms with E-state index in [0.29, 0.717) is 42.3 Å². The van der Waals surface area contributed by atoms with Crippen LogP contribution in [0.25, 0.3) is 28.2 Å². The Morgan fingerprint density at radius 2 is 1.77 bits per heavy atom. The Morgan fingerprint density at radius 3 is 2.49 bits per heavy atom. The lowest BCUT2D eigenvalue weighted by Gasteiger charge is -2.31. The molecule has 0 saturated heterocycles. The molecule has 2 aliphatic rings. The molecule has 1 saturated carbocycles. The van der Waals surface area contributed by atoms with E-state index in [1.165, 1.54) is 42.0 Å². The van der Waals surface area contributed by atoms with E-state index in [2.05, 4.69) is 33.4 Å². The summed E-state index contributed by atoms with van der Waals surface area (Å²) < 4.78 is 8.52. The van der Waals surface area contributed by atoms with Gasteiger partial charge in [0.25, 0.3) is 5.91 Å². The molecule has 8 nitrogen and oxygen atoms in total. The first kappa shape index (κ1) is 32.1. The van der Waals surface area contributed by atoms with Crippen molar-refractivity contribution in [1.82, 2.24) is 9.88 Å². The first-order chi connectivity index (χ1) is 22.6. The van der Waals surface area contributed by atoms with Crippen LogP contribution in [0.15, 0.2) is 72.8 Å². The zero-order chi connectivity index (χ0) is 33.1. The lowest BCUT2D eigenvalue weighted by Crippen LogP contribution is -2.55. The molecule has 1 aliphatic carbocycles. The number of ether oxygens (including phenoxy) is 1. The molecule has 1 unspecified atom stereocenters. The number of benzene rings is 3. The predicted molar refractivity (Wildman–Crippen MR) is 186 cm³/mol. The van der Waals surface area contributed by atoms with E-state index in [1.807, 2.05) is 38.1 Å².